The van der Waals surface area contributed by atoms with Crippen molar-refractivity contribution in [2.45, 2.75) is 24.5 Å². The Kier molecular flexibility index (Phi) is 5.90. The Morgan fingerprint density at radius 1 is 1.16 bits per heavy atom. The maximum Gasteiger partial charge on any atom is 0.230 e. The molecule has 0 saturated heterocycles. The van der Waals surface area contributed by atoms with Gasteiger partial charge in [0, 0.05) is 13.5 Å². The van der Waals surface area contributed by atoms with Gasteiger partial charge in [-0.05, 0) is 24.1 Å². The van der Waals surface area contributed by atoms with E-state index in [-0.39, 0.29) is 5.91 Å². The summed E-state index contributed by atoms with van der Waals surface area (Å²) in [5.41, 5.74) is 1.28. The summed E-state index contributed by atoms with van der Waals surface area (Å²) in [4.78, 5) is 11.9. The van der Waals surface area contributed by atoms with Crippen LogP contribution in [0.3, 0.4) is 0 Å². The molecular weight excluding hydrogens is 336 g/mol. The van der Waals surface area contributed by atoms with E-state index in [0.29, 0.717) is 12.3 Å². The lowest BCUT2D eigenvalue weighted by atomic mass is 10.1. The molecule has 6 nitrogen and oxygen atoms in total. The van der Waals surface area contributed by atoms with Gasteiger partial charge in [-0.3, -0.25) is 4.79 Å². The van der Waals surface area contributed by atoms with Crippen molar-refractivity contribution in [3.05, 3.63) is 65.9 Å². The van der Waals surface area contributed by atoms with Crippen molar-refractivity contribution >= 4 is 17.7 Å². The minimum Gasteiger partial charge on any atom is -0.467 e. The minimum atomic E-state index is -0.0600. The first-order chi connectivity index (χ1) is 12.2. The Morgan fingerprint density at radius 2 is 2.00 bits per heavy atom. The standard InChI is InChI=1S/C18H20N4O2S/c1-22-16(10-9-14-6-3-2-4-7-14)20-21-18(22)25-13-17(23)19-12-15-8-5-11-24-15/h2-8,11H,9-10,12-13H2,1H3,(H,19,23). The molecule has 3 aromatic rings. The van der Waals surface area contributed by atoms with Crippen molar-refractivity contribution in [2.24, 2.45) is 7.05 Å². The van der Waals surface area contributed by atoms with Crippen LogP contribution in [0.1, 0.15) is 17.1 Å². The molecule has 2 heterocycles. The fourth-order valence-corrected chi connectivity index (χ4v) is 3.13. The van der Waals surface area contributed by atoms with Gasteiger partial charge in [-0.2, -0.15) is 0 Å². The van der Waals surface area contributed by atoms with Gasteiger partial charge < -0.3 is 14.3 Å². The number of hydrogen-bond donors (Lipinski definition) is 1. The second-order valence-electron chi connectivity index (χ2n) is 5.59. The van der Waals surface area contributed by atoms with Crippen LogP contribution in [0, 0.1) is 0 Å². The number of amides is 1. The summed E-state index contributed by atoms with van der Waals surface area (Å²) in [6.07, 6.45) is 3.33. The molecule has 0 radical (unpaired) electrons. The van der Waals surface area contributed by atoms with Crippen molar-refractivity contribution in [1.29, 1.82) is 0 Å². The number of furan rings is 1. The molecule has 0 bridgehead atoms. The number of nitrogens with zero attached hydrogens (tertiary/aromatic N) is 3. The van der Waals surface area contributed by atoms with Crippen molar-refractivity contribution in [1.82, 2.24) is 20.1 Å². The van der Waals surface area contributed by atoms with Gasteiger partial charge in [0.1, 0.15) is 11.6 Å². The molecule has 0 atom stereocenters. The molecule has 0 fully saturated rings. The zero-order valence-electron chi connectivity index (χ0n) is 14.0. The molecule has 130 valence electrons. The van der Waals surface area contributed by atoms with E-state index in [1.165, 1.54) is 17.3 Å². The van der Waals surface area contributed by atoms with E-state index < -0.39 is 0 Å². The molecule has 0 unspecified atom stereocenters. The zero-order valence-corrected chi connectivity index (χ0v) is 14.8. The lowest BCUT2D eigenvalue weighted by Gasteiger charge is -2.05. The zero-order chi connectivity index (χ0) is 17.5. The molecule has 3 rings (SSSR count). The fourth-order valence-electron chi connectivity index (χ4n) is 2.37. The van der Waals surface area contributed by atoms with E-state index in [1.54, 1.807) is 12.3 Å². The average molecular weight is 356 g/mol. The molecule has 0 aliphatic carbocycles. The van der Waals surface area contributed by atoms with E-state index in [9.17, 15) is 4.79 Å². The van der Waals surface area contributed by atoms with Crippen molar-refractivity contribution in [3.63, 3.8) is 0 Å². The quantitative estimate of drug-likeness (QED) is 0.628. The predicted molar refractivity (Wildman–Crippen MR) is 96.1 cm³/mol. The molecule has 1 amide bonds. The van der Waals surface area contributed by atoms with Gasteiger partial charge in [-0.1, -0.05) is 42.1 Å². The minimum absolute atomic E-state index is 0.0600. The third-order valence-corrected chi connectivity index (χ3v) is 4.80. The Bertz CT molecular complexity index is 800. The number of nitrogens with one attached hydrogen (secondary N) is 1. The molecule has 7 heteroatoms. The molecular formula is C18H20N4O2S. The Hall–Kier alpha value is -2.54. The highest BCUT2D eigenvalue weighted by atomic mass is 32.2. The number of thioether (sulfide) groups is 1. The molecule has 1 aromatic carbocycles. The first-order valence-electron chi connectivity index (χ1n) is 8.06. The third kappa shape index (κ3) is 4.96. The number of benzene rings is 1. The van der Waals surface area contributed by atoms with Gasteiger partial charge in [-0.15, -0.1) is 10.2 Å². The summed E-state index contributed by atoms with van der Waals surface area (Å²) in [6.45, 7) is 0.396. The van der Waals surface area contributed by atoms with Crippen LogP contribution in [0.15, 0.2) is 58.3 Å². The number of aromatic nitrogens is 3. The molecule has 0 saturated carbocycles. The normalized spacial score (nSPS) is 10.8. The number of hydrogen-bond acceptors (Lipinski definition) is 5. The first-order valence-corrected chi connectivity index (χ1v) is 9.05. The van der Waals surface area contributed by atoms with E-state index in [0.717, 1.165) is 29.6 Å². The van der Waals surface area contributed by atoms with E-state index >= 15 is 0 Å². The predicted octanol–water partition coefficient (Wildman–Crippen LogP) is 2.60. The third-order valence-electron chi connectivity index (χ3n) is 3.78. The van der Waals surface area contributed by atoms with Crippen LogP contribution in [-0.2, 0) is 31.2 Å². The van der Waals surface area contributed by atoms with Crippen molar-refractivity contribution in [2.75, 3.05) is 5.75 Å². The van der Waals surface area contributed by atoms with Gasteiger partial charge in [0.2, 0.25) is 5.91 Å². The summed E-state index contributed by atoms with van der Waals surface area (Å²) < 4.78 is 7.14. The Labute approximate surface area is 150 Å². The van der Waals surface area contributed by atoms with E-state index in [1.807, 2.05) is 35.9 Å². The highest BCUT2D eigenvalue weighted by molar-refractivity contribution is 7.99. The van der Waals surface area contributed by atoms with Crippen LogP contribution in [0.25, 0.3) is 0 Å². The summed E-state index contributed by atoms with van der Waals surface area (Å²) in [5.74, 6) is 1.89. The lowest BCUT2D eigenvalue weighted by molar-refractivity contribution is -0.118. The van der Waals surface area contributed by atoms with E-state index in [2.05, 4.69) is 27.6 Å². The van der Waals surface area contributed by atoms with Crippen LogP contribution >= 0.6 is 11.8 Å². The molecule has 2 aromatic heterocycles. The SMILES string of the molecule is Cn1c(CCc2ccccc2)nnc1SCC(=O)NCc1ccco1. The number of carbonyl (C=O) groups is 1. The van der Waals surface area contributed by atoms with Gasteiger partial charge >= 0.3 is 0 Å². The maximum absolute atomic E-state index is 11.9. The largest absolute Gasteiger partial charge is 0.467 e. The van der Waals surface area contributed by atoms with Crippen LogP contribution in [0.5, 0.6) is 0 Å². The van der Waals surface area contributed by atoms with Crippen LogP contribution in [-0.4, -0.2) is 26.4 Å². The van der Waals surface area contributed by atoms with Crippen molar-refractivity contribution < 1.29 is 9.21 Å². The summed E-state index contributed by atoms with van der Waals surface area (Å²) >= 11 is 1.38. The molecule has 0 spiro atoms. The molecule has 0 aliphatic rings. The number of rotatable bonds is 8. The Balaban J connectivity index is 1.46. The summed E-state index contributed by atoms with van der Waals surface area (Å²) in [5, 5.41) is 12.0. The molecule has 1 N–H and O–H groups in total. The Morgan fingerprint density at radius 3 is 2.76 bits per heavy atom. The highest BCUT2D eigenvalue weighted by Crippen LogP contribution is 2.16. The average Bonchev–Trinajstić information content (AvgIpc) is 3.27. The second-order valence-corrected chi connectivity index (χ2v) is 6.53. The number of carbonyl (C=O) groups excluding carboxylic acids is 1. The summed E-state index contributed by atoms with van der Waals surface area (Å²) in [7, 11) is 1.93. The lowest BCUT2D eigenvalue weighted by Crippen LogP contribution is -2.24. The second kappa shape index (κ2) is 8.53. The van der Waals surface area contributed by atoms with Gasteiger partial charge in [0.25, 0.3) is 0 Å². The maximum atomic E-state index is 11.9. The van der Waals surface area contributed by atoms with E-state index in [4.69, 9.17) is 4.42 Å². The summed E-state index contributed by atoms with van der Waals surface area (Å²) in [6, 6.07) is 13.9. The van der Waals surface area contributed by atoms with Gasteiger partial charge in [0.05, 0.1) is 18.6 Å². The number of aryl methyl sites for hydroxylation is 2. The fraction of sp³-hybridized carbons (Fsp3) is 0.278. The smallest absolute Gasteiger partial charge is 0.230 e. The van der Waals surface area contributed by atoms with Gasteiger partial charge in [-0.25, -0.2) is 0 Å². The van der Waals surface area contributed by atoms with Crippen LogP contribution in [0.4, 0.5) is 0 Å². The highest BCUT2D eigenvalue weighted by Gasteiger charge is 2.11. The molecule has 25 heavy (non-hydrogen) atoms. The first kappa shape index (κ1) is 17.3. The van der Waals surface area contributed by atoms with Crippen molar-refractivity contribution in [3.8, 4) is 0 Å². The topological polar surface area (TPSA) is 73.0 Å². The molecule has 0 aliphatic heterocycles. The van der Waals surface area contributed by atoms with Crippen LogP contribution in [0.2, 0.25) is 0 Å². The van der Waals surface area contributed by atoms with Gasteiger partial charge in [0.15, 0.2) is 5.16 Å². The van der Waals surface area contributed by atoms with Crippen LogP contribution < -0.4 is 5.32 Å². The monoisotopic (exact) mass is 356 g/mol.